The number of amides is 9. The zero-order chi connectivity index (χ0) is 108. The maximum atomic E-state index is 14.3. The summed E-state index contributed by atoms with van der Waals surface area (Å²) in [7, 11) is -1.30. The Morgan fingerprint density at radius 2 is 0.927 bits per heavy atom. The first-order valence-corrected chi connectivity index (χ1v) is 51.1. The van der Waals surface area contributed by atoms with Gasteiger partial charge in [0.05, 0.1) is 62.4 Å². The van der Waals surface area contributed by atoms with Crippen LogP contribution in [0.25, 0.3) is 22.1 Å². The molecule has 8 heterocycles. The van der Waals surface area contributed by atoms with E-state index in [4.69, 9.17) is 34.2 Å². The number of nitrogens with one attached hydrogen (secondary N) is 3. The van der Waals surface area contributed by atoms with Crippen LogP contribution in [0.4, 0.5) is 22.0 Å². The van der Waals surface area contributed by atoms with Crippen molar-refractivity contribution in [3.63, 3.8) is 0 Å². The number of aliphatic carboxylic acids is 2. The zero-order valence-corrected chi connectivity index (χ0v) is 84.3. The van der Waals surface area contributed by atoms with Gasteiger partial charge in [0.1, 0.15) is 90.6 Å². The summed E-state index contributed by atoms with van der Waals surface area (Å²) in [4.78, 5) is 150. The Bertz CT molecular complexity index is 7450. The van der Waals surface area contributed by atoms with Crippen LogP contribution >= 0.6 is 0 Å². The normalized spacial score (nSPS) is 17.6. The number of carboxylic acid groups (broad SMARTS) is 2. The minimum atomic E-state index is -4.02. The summed E-state index contributed by atoms with van der Waals surface area (Å²) < 4.78 is 168. The van der Waals surface area contributed by atoms with E-state index in [9.17, 15) is 107 Å². The summed E-state index contributed by atoms with van der Waals surface area (Å²) in [5.74, 6) is -23.2. The van der Waals surface area contributed by atoms with Crippen LogP contribution in [0.2, 0.25) is 0 Å². The van der Waals surface area contributed by atoms with E-state index >= 15 is 0 Å². The molecule has 0 bridgehead atoms. The van der Waals surface area contributed by atoms with Crippen LogP contribution < -0.4 is 54.8 Å². The number of carboxylic acids is 2. The number of sulfonamides is 2. The highest BCUT2D eigenvalue weighted by molar-refractivity contribution is 7.89. The molecule has 2 unspecified atom stereocenters. The number of carbonyl (C=O) groups is 12. The van der Waals surface area contributed by atoms with Gasteiger partial charge < -0.3 is 54.4 Å². The lowest BCUT2D eigenvalue weighted by Gasteiger charge is -2.27. The number of aromatic nitrogens is 6. The molecule has 11 aromatic rings. The fourth-order valence-corrected chi connectivity index (χ4v) is 22.1. The van der Waals surface area contributed by atoms with Crippen molar-refractivity contribution in [3.05, 3.63) is 240 Å². The van der Waals surface area contributed by atoms with Crippen molar-refractivity contribution in [1.29, 1.82) is 0 Å². The second kappa shape index (κ2) is 46.5. The van der Waals surface area contributed by atoms with E-state index in [1.807, 2.05) is 99.7 Å². The van der Waals surface area contributed by atoms with Crippen molar-refractivity contribution < 1.29 is 140 Å². The third kappa shape index (κ3) is 23.6. The van der Waals surface area contributed by atoms with Crippen LogP contribution in [0.1, 0.15) is 213 Å². The standard InChI is InChI=1S/C49H53N7O12S.C34H43N5O6S.C21H11F5N2O7/c1-28-13-15-31(35(24-44(59)60)32-22-36-46(40(23-32)66-4)54(3)53-52-36)21-33(28)26-55-25-29(2)68-39-20-30(14-17-41(39)69(55,64)65)10-7-5-6-8-19-50-43(58)27-67-38-12-9-11-34-45(38)49(63)56(48(34)62)37-16-18-42(57)51-47(37)61;1-22-10-12-25(28(19-33(40)41)26-17-29-34(31(18-26)44-4)38(3)37-36-29)16-27(22)21-39-20-23(2)45-30-15-24(9-7-5-6-8-14-35)11-13-32(30)46(39,42)43;22-13-14(23)16(25)18(17(26)15(13)24)35-11(30)6-34-9-3-1-2-7-12(9)21(33)28(20(7)32)8-4-5-10(29)27-19(8)31/h9,11-15,17,20-23,29,35,37H,5-8,10,16,18-19,24-27H2,1-4H3,(H,50,58)(H,59,60)(H,51,57,61);10-13,15-18,23,28H,5-9,14,19-21,35H2,1-4H3,(H,40,41);1-3,8H,4-6H2,(H,27,29,31)/t29-,35+,37?;23-,28+;/m11./s1. The second-order valence-electron chi connectivity index (χ2n) is 37.0. The molecule has 790 valence electrons. The number of ether oxygens (including phenoxy) is 7. The number of fused-ring (bicyclic) bond motifs is 6. The minimum Gasteiger partial charge on any atom is -0.494 e. The van der Waals surface area contributed by atoms with Gasteiger partial charge in [-0.05, 0) is 214 Å². The number of methoxy groups -OCH3 is 2. The Labute approximate surface area is 856 Å². The Morgan fingerprint density at radius 1 is 0.507 bits per heavy atom. The van der Waals surface area contributed by atoms with Crippen LogP contribution in [0, 0.1) is 42.9 Å². The van der Waals surface area contributed by atoms with E-state index in [-0.39, 0.29) is 120 Å². The van der Waals surface area contributed by atoms with Gasteiger partial charge in [-0.3, -0.25) is 73.2 Å². The largest absolute Gasteiger partial charge is 0.494 e. The summed E-state index contributed by atoms with van der Waals surface area (Å²) in [5, 5.41) is 43.5. The molecular formula is C104H107F5N14O25S2. The number of nitrogens with two attached hydrogens (primary N) is 1. The van der Waals surface area contributed by atoms with E-state index in [1.54, 1.807) is 60.9 Å². The maximum Gasteiger partial charge on any atom is 0.349 e. The lowest BCUT2D eigenvalue weighted by molar-refractivity contribution is -0.138. The third-order valence-electron chi connectivity index (χ3n) is 26.5. The predicted octanol–water partition coefficient (Wildman–Crippen LogP) is 11.3. The number of halogens is 5. The number of nitrogens with zero attached hydrogens (tertiary/aromatic N) is 10. The van der Waals surface area contributed by atoms with Crippen LogP contribution in [-0.2, 0) is 98.4 Å². The molecule has 2 saturated heterocycles. The highest BCUT2D eigenvalue weighted by Gasteiger charge is 2.49. The van der Waals surface area contributed by atoms with Crippen molar-refractivity contribution in [2.24, 2.45) is 19.8 Å². The number of benzene rings is 9. The molecule has 2 fully saturated rings. The van der Waals surface area contributed by atoms with E-state index in [0.29, 0.717) is 81.3 Å². The molecule has 9 amide bonds. The van der Waals surface area contributed by atoms with Gasteiger partial charge in [0.15, 0.2) is 13.2 Å². The number of hydrogen-bond donors (Lipinski definition) is 6. The lowest BCUT2D eigenvalue weighted by Crippen LogP contribution is -2.54. The van der Waals surface area contributed by atoms with Crippen LogP contribution in [-0.4, -0.2) is 224 Å². The molecule has 6 aliphatic rings. The van der Waals surface area contributed by atoms with E-state index in [2.05, 4.69) is 36.0 Å². The van der Waals surface area contributed by atoms with Crippen LogP contribution in [0.5, 0.6) is 40.2 Å². The summed E-state index contributed by atoms with van der Waals surface area (Å²) in [5.41, 5.74) is 15.7. The molecule has 17 rings (SSSR count). The molecule has 6 atom stereocenters. The Kier molecular flexibility index (Phi) is 33.7. The molecule has 46 heteroatoms. The molecule has 0 radical (unpaired) electrons. The summed E-state index contributed by atoms with van der Waals surface area (Å²) in [6, 6.07) is 34.9. The summed E-state index contributed by atoms with van der Waals surface area (Å²) in [6.45, 7) is 7.48. The molecule has 0 spiro atoms. The molecule has 0 saturated carbocycles. The second-order valence-corrected chi connectivity index (χ2v) is 40.8. The molecule has 9 aromatic carbocycles. The van der Waals surface area contributed by atoms with Gasteiger partial charge in [-0.2, -0.15) is 17.4 Å². The molecule has 2 aromatic heterocycles. The number of unbranched alkanes of at least 4 members (excludes halogenated alkanes) is 6. The van der Waals surface area contributed by atoms with Gasteiger partial charge in [0.25, 0.3) is 29.5 Å². The minimum absolute atomic E-state index is 0.00388. The zero-order valence-electron chi connectivity index (χ0n) is 82.7. The van der Waals surface area contributed by atoms with E-state index < -0.39 is 169 Å². The van der Waals surface area contributed by atoms with E-state index in [0.717, 1.165) is 107 Å². The van der Waals surface area contributed by atoms with Crippen LogP contribution in [0.3, 0.4) is 0 Å². The molecular weight excluding hydrogens is 2000 g/mol. The molecule has 7 N–H and O–H groups in total. The number of aryl methyl sites for hydroxylation is 6. The first kappa shape index (κ1) is 109. The van der Waals surface area contributed by atoms with Crippen molar-refractivity contribution >= 4 is 113 Å². The predicted molar refractivity (Wildman–Crippen MR) is 524 cm³/mol. The van der Waals surface area contributed by atoms with Crippen molar-refractivity contribution in [3.8, 4) is 40.2 Å². The highest BCUT2D eigenvalue weighted by atomic mass is 32.2. The van der Waals surface area contributed by atoms with Gasteiger partial charge in [0.2, 0.25) is 78.5 Å². The first-order chi connectivity index (χ1) is 71.6. The summed E-state index contributed by atoms with van der Waals surface area (Å²) >= 11 is 0. The van der Waals surface area contributed by atoms with Crippen molar-refractivity contribution in [2.45, 2.75) is 189 Å². The van der Waals surface area contributed by atoms with Crippen molar-refractivity contribution in [2.75, 3.05) is 53.6 Å². The van der Waals surface area contributed by atoms with Crippen molar-refractivity contribution in [1.82, 2.24) is 64.3 Å². The maximum absolute atomic E-state index is 14.3. The number of imide groups is 4. The monoisotopic (exact) mass is 2110 g/mol. The Hall–Kier alpha value is -15.6. The van der Waals surface area contributed by atoms with Gasteiger partial charge in [-0.25, -0.2) is 44.2 Å². The SMILES string of the molecule is COc1cc([C@@H](CC(=O)O)c2ccc(C)c(CN3C[C@@H](C)Oc4cc(CCCCCCN)ccc4S3(=O)=O)c2)cc2nnn(C)c12.COc1cc([C@@H](CC(=O)O)c2ccc(C)c(CN3C[C@@H](C)Oc4cc(CCCCCCNC(=O)COc5cccc6c5C(=O)N(C5CCC(=O)NC5=O)C6=O)ccc4S3(=O)=O)c2)cc2nnn(C)c12.O=C1CCC(N2C(=O)c3cccc(OCC(=O)Oc4c(F)c(F)c(F)c(F)c4F)c3C2=O)C(=O)N1. The number of carbonyl (C=O) groups excluding carboxylic acids is 10. The number of piperidine rings is 2. The third-order valence-corrected chi connectivity index (χ3v) is 30.2. The number of rotatable bonds is 36. The lowest BCUT2D eigenvalue weighted by atomic mass is 9.86. The topological polar surface area (TPSA) is 515 Å². The Morgan fingerprint density at radius 3 is 1.35 bits per heavy atom. The fraction of sp³-hybridized carbons (Fsp3) is 0.365. The van der Waals surface area contributed by atoms with Gasteiger partial charge in [-0.15, -0.1) is 10.2 Å². The molecule has 150 heavy (non-hydrogen) atoms. The van der Waals surface area contributed by atoms with Gasteiger partial charge >= 0.3 is 17.9 Å². The number of esters is 1. The van der Waals surface area contributed by atoms with Gasteiger partial charge in [-0.1, -0.05) is 96.8 Å². The van der Waals surface area contributed by atoms with Gasteiger partial charge in [0, 0.05) is 58.4 Å². The smallest absolute Gasteiger partial charge is 0.349 e. The average molecular weight is 2110 g/mol. The average Bonchev–Trinajstić information content (AvgIpc) is 1.60. The molecule has 6 aliphatic heterocycles. The van der Waals surface area contributed by atoms with E-state index in [1.165, 1.54) is 46.1 Å². The highest BCUT2D eigenvalue weighted by Crippen LogP contribution is 2.44. The summed E-state index contributed by atoms with van der Waals surface area (Å²) in [6.07, 6.45) is 7.41. The first-order valence-electron chi connectivity index (χ1n) is 48.2. The number of hydrogen-bond acceptors (Lipinski definition) is 28. The molecule has 0 aliphatic carbocycles. The molecule has 39 nitrogen and oxygen atoms in total. The van der Waals surface area contributed by atoms with Crippen LogP contribution in [0.15, 0.2) is 143 Å². The fourth-order valence-electron chi connectivity index (χ4n) is 18.9. The quantitative estimate of drug-likeness (QED) is 0.00404. The Balaban J connectivity index is 0.000000179.